The summed E-state index contributed by atoms with van der Waals surface area (Å²) in [4.78, 5) is 7.76. The van der Waals surface area contributed by atoms with Crippen molar-refractivity contribution in [3.05, 3.63) is 41.4 Å². The first-order valence-corrected chi connectivity index (χ1v) is 4.57. The van der Waals surface area contributed by atoms with Gasteiger partial charge in [0, 0.05) is 11.6 Å². The topological polar surface area (TPSA) is 51.8 Å². The molecule has 0 saturated heterocycles. The van der Waals surface area contributed by atoms with Crippen LogP contribution in [0.1, 0.15) is 0 Å². The highest BCUT2D eigenvalue weighted by atomic mass is 35.5. The number of rotatable bonds is 1. The van der Waals surface area contributed by atoms with Gasteiger partial charge in [-0.25, -0.2) is 14.4 Å². The Bertz CT molecular complexity index is 502. The standard InChI is InChI=1S/C10H7ClFN3/c11-8-3-6(12)1-2-7(8)9-4-10(13)15-5-14-9/h1-5H,(H2,13,14,15). The third kappa shape index (κ3) is 2.05. The first-order chi connectivity index (χ1) is 7.16. The summed E-state index contributed by atoms with van der Waals surface area (Å²) in [5.74, 6) is -0.0360. The van der Waals surface area contributed by atoms with Gasteiger partial charge < -0.3 is 5.73 Å². The third-order valence-corrected chi connectivity index (χ3v) is 2.21. The molecule has 0 saturated carbocycles. The number of nitrogens with zero attached hydrogens (tertiary/aromatic N) is 2. The second-order valence-corrected chi connectivity index (χ2v) is 3.36. The molecular weight excluding hydrogens is 217 g/mol. The van der Waals surface area contributed by atoms with Gasteiger partial charge in [-0.3, -0.25) is 0 Å². The van der Waals surface area contributed by atoms with Crippen LogP contribution in [0.4, 0.5) is 10.2 Å². The molecule has 0 atom stereocenters. The molecule has 0 aliphatic heterocycles. The average Bonchev–Trinajstić information content (AvgIpc) is 2.17. The molecule has 2 rings (SSSR count). The summed E-state index contributed by atoms with van der Waals surface area (Å²) in [6.45, 7) is 0. The Hall–Kier alpha value is -1.68. The van der Waals surface area contributed by atoms with Crippen molar-refractivity contribution in [2.75, 3.05) is 5.73 Å². The lowest BCUT2D eigenvalue weighted by Crippen LogP contribution is -1.93. The second-order valence-electron chi connectivity index (χ2n) is 2.95. The highest BCUT2D eigenvalue weighted by molar-refractivity contribution is 6.33. The summed E-state index contributed by atoms with van der Waals surface area (Å²) < 4.78 is 12.8. The van der Waals surface area contributed by atoms with Crippen molar-refractivity contribution in [1.82, 2.24) is 9.97 Å². The molecule has 2 aromatic rings. The molecule has 0 aliphatic carbocycles. The summed E-state index contributed by atoms with van der Waals surface area (Å²) in [5.41, 5.74) is 6.72. The number of benzene rings is 1. The molecule has 0 spiro atoms. The molecule has 1 aromatic carbocycles. The maximum atomic E-state index is 12.8. The second kappa shape index (κ2) is 3.82. The lowest BCUT2D eigenvalue weighted by molar-refractivity contribution is 0.628. The van der Waals surface area contributed by atoms with Gasteiger partial charge in [0.15, 0.2) is 0 Å². The van der Waals surface area contributed by atoms with Gasteiger partial charge in [0.1, 0.15) is 18.0 Å². The van der Waals surface area contributed by atoms with Crippen molar-refractivity contribution in [3.63, 3.8) is 0 Å². The molecule has 0 fully saturated rings. The Balaban J connectivity index is 2.54. The summed E-state index contributed by atoms with van der Waals surface area (Å²) >= 11 is 5.88. The highest BCUT2D eigenvalue weighted by Gasteiger charge is 2.06. The minimum absolute atomic E-state index is 0.299. The van der Waals surface area contributed by atoms with E-state index in [9.17, 15) is 4.39 Å². The van der Waals surface area contributed by atoms with Crippen LogP contribution in [0.5, 0.6) is 0 Å². The average molecular weight is 224 g/mol. The fraction of sp³-hybridized carbons (Fsp3) is 0. The normalized spacial score (nSPS) is 10.3. The fourth-order valence-electron chi connectivity index (χ4n) is 1.22. The van der Waals surface area contributed by atoms with Gasteiger partial charge in [-0.1, -0.05) is 11.6 Å². The van der Waals surface area contributed by atoms with E-state index in [0.717, 1.165) is 0 Å². The van der Waals surface area contributed by atoms with Crippen LogP contribution in [-0.4, -0.2) is 9.97 Å². The van der Waals surface area contributed by atoms with Crippen molar-refractivity contribution in [3.8, 4) is 11.3 Å². The molecule has 76 valence electrons. The SMILES string of the molecule is Nc1cc(-c2ccc(F)cc2Cl)ncn1. The van der Waals surface area contributed by atoms with Gasteiger partial charge >= 0.3 is 0 Å². The number of hydrogen-bond acceptors (Lipinski definition) is 3. The minimum Gasteiger partial charge on any atom is -0.384 e. The Morgan fingerprint density at radius 3 is 2.67 bits per heavy atom. The van der Waals surface area contributed by atoms with E-state index in [4.69, 9.17) is 17.3 Å². The number of nitrogen functional groups attached to an aromatic ring is 1. The van der Waals surface area contributed by atoms with E-state index >= 15 is 0 Å². The molecule has 5 heteroatoms. The molecule has 3 nitrogen and oxygen atoms in total. The zero-order valence-electron chi connectivity index (χ0n) is 7.61. The van der Waals surface area contributed by atoms with Gasteiger partial charge in [0.05, 0.1) is 10.7 Å². The molecule has 0 radical (unpaired) electrons. The molecule has 2 N–H and O–H groups in total. The van der Waals surface area contributed by atoms with E-state index in [2.05, 4.69) is 9.97 Å². The number of nitrogens with two attached hydrogens (primary N) is 1. The van der Waals surface area contributed by atoms with E-state index in [1.54, 1.807) is 12.1 Å². The molecule has 1 heterocycles. The van der Waals surface area contributed by atoms with Crippen molar-refractivity contribution in [2.24, 2.45) is 0 Å². The first kappa shape index (κ1) is 9.86. The predicted molar refractivity (Wildman–Crippen MR) is 56.8 cm³/mol. The zero-order valence-corrected chi connectivity index (χ0v) is 8.37. The quantitative estimate of drug-likeness (QED) is 0.808. The molecule has 0 amide bonds. The Labute approximate surface area is 90.7 Å². The maximum absolute atomic E-state index is 12.8. The largest absolute Gasteiger partial charge is 0.384 e. The van der Waals surface area contributed by atoms with Crippen molar-refractivity contribution in [1.29, 1.82) is 0 Å². The van der Waals surface area contributed by atoms with Gasteiger partial charge in [0.2, 0.25) is 0 Å². The van der Waals surface area contributed by atoms with Gasteiger partial charge in [-0.2, -0.15) is 0 Å². The minimum atomic E-state index is -0.384. The van der Waals surface area contributed by atoms with Crippen molar-refractivity contribution in [2.45, 2.75) is 0 Å². The number of aromatic nitrogens is 2. The Morgan fingerprint density at radius 2 is 2.00 bits per heavy atom. The molecule has 0 aliphatic rings. The predicted octanol–water partition coefficient (Wildman–Crippen LogP) is 2.52. The van der Waals surface area contributed by atoms with E-state index in [0.29, 0.717) is 22.1 Å². The fourth-order valence-corrected chi connectivity index (χ4v) is 1.48. The molecule has 1 aromatic heterocycles. The van der Waals surface area contributed by atoms with E-state index in [1.807, 2.05) is 0 Å². The lowest BCUT2D eigenvalue weighted by Gasteiger charge is -2.03. The van der Waals surface area contributed by atoms with Crippen molar-refractivity contribution >= 4 is 17.4 Å². The van der Waals surface area contributed by atoms with Crippen LogP contribution in [0.2, 0.25) is 5.02 Å². The van der Waals surface area contributed by atoms with Gasteiger partial charge in [-0.15, -0.1) is 0 Å². The molecule has 15 heavy (non-hydrogen) atoms. The Morgan fingerprint density at radius 1 is 1.20 bits per heavy atom. The summed E-state index contributed by atoms with van der Waals surface area (Å²) in [6.07, 6.45) is 1.34. The van der Waals surface area contributed by atoms with Crippen LogP contribution in [0.3, 0.4) is 0 Å². The molecule has 0 unspecified atom stereocenters. The van der Waals surface area contributed by atoms with Crippen LogP contribution < -0.4 is 5.73 Å². The van der Waals surface area contributed by atoms with E-state index in [1.165, 1.54) is 18.5 Å². The lowest BCUT2D eigenvalue weighted by atomic mass is 10.1. The highest BCUT2D eigenvalue weighted by Crippen LogP contribution is 2.27. The van der Waals surface area contributed by atoms with Gasteiger partial charge in [0.25, 0.3) is 0 Å². The van der Waals surface area contributed by atoms with E-state index < -0.39 is 0 Å². The van der Waals surface area contributed by atoms with Crippen LogP contribution in [-0.2, 0) is 0 Å². The number of halogens is 2. The zero-order chi connectivity index (χ0) is 10.8. The molecular formula is C10H7ClFN3. The first-order valence-electron chi connectivity index (χ1n) is 4.20. The maximum Gasteiger partial charge on any atom is 0.127 e. The van der Waals surface area contributed by atoms with Gasteiger partial charge in [-0.05, 0) is 18.2 Å². The van der Waals surface area contributed by atoms with Crippen LogP contribution in [0, 0.1) is 5.82 Å². The smallest absolute Gasteiger partial charge is 0.127 e. The number of anilines is 1. The summed E-state index contributed by atoms with van der Waals surface area (Å²) in [6, 6.07) is 5.69. The van der Waals surface area contributed by atoms with Crippen LogP contribution in [0.15, 0.2) is 30.6 Å². The monoisotopic (exact) mass is 223 g/mol. The van der Waals surface area contributed by atoms with Crippen LogP contribution >= 0.6 is 11.6 Å². The molecule has 0 bridgehead atoms. The van der Waals surface area contributed by atoms with Crippen molar-refractivity contribution < 1.29 is 4.39 Å². The summed E-state index contributed by atoms with van der Waals surface area (Å²) in [7, 11) is 0. The number of hydrogen-bond donors (Lipinski definition) is 1. The summed E-state index contributed by atoms with van der Waals surface area (Å²) in [5, 5.41) is 0.299. The Kier molecular flexibility index (Phi) is 2.51. The van der Waals surface area contributed by atoms with Crippen LogP contribution in [0.25, 0.3) is 11.3 Å². The van der Waals surface area contributed by atoms with E-state index in [-0.39, 0.29) is 5.82 Å². The third-order valence-electron chi connectivity index (χ3n) is 1.90.